The first-order chi connectivity index (χ1) is 5.95. The van der Waals surface area contributed by atoms with E-state index in [-0.39, 0.29) is 0 Å². The molecule has 1 aromatic rings. The van der Waals surface area contributed by atoms with Crippen molar-refractivity contribution in [1.82, 2.24) is 0 Å². The molecule has 1 aromatic carbocycles. The molecule has 0 aliphatic rings. The lowest BCUT2D eigenvalue weighted by molar-refractivity contribution is 0.588. The lowest BCUT2D eigenvalue weighted by atomic mass is 10.2. The van der Waals surface area contributed by atoms with Gasteiger partial charge in [0.1, 0.15) is 7.14 Å². The molecule has 3 nitrogen and oxygen atoms in total. The normalized spacial score (nSPS) is 10.8. The maximum atomic E-state index is 11.7. The van der Waals surface area contributed by atoms with Crippen LogP contribution >= 0.6 is 7.14 Å². The van der Waals surface area contributed by atoms with Crippen LogP contribution in [0.25, 0.3) is 0 Å². The van der Waals surface area contributed by atoms with Gasteiger partial charge in [-0.05, 0) is 31.5 Å². The summed E-state index contributed by atoms with van der Waals surface area (Å²) < 4.78 is 11.7. The number of hydrogen-bond donors (Lipinski definition) is 1. The summed E-state index contributed by atoms with van der Waals surface area (Å²) in [6.45, 7) is 3.28. The highest BCUT2D eigenvalue weighted by atomic mass is 31.2. The zero-order valence-corrected chi connectivity index (χ0v) is 8.51. The number of benzene rings is 1. The Hall–Kier alpha value is -1.26. The Morgan fingerprint density at radius 3 is 2.54 bits per heavy atom. The third-order valence-corrected chi connectivity index (χ3v) is 3.29. The standard InChI is InChI=1S/C9H11N2OP/c1-13(2,12)9-5-7(6-10)3-4-8(9)11/h3-5H,11H2,1-2H3. The number of hydrogen-bond acceptors (Lipinski definition) is 3. The van der Waals surface area contributed by atoms with Crippen molar-refractivity contribution in [2.24, 2.45) is 0 Å². The van der Waals surface area contributed by atoms with Crippen molar-refractivity contribution < 1.29 is 4.57 Å². The van der Waals surface area contributed by atoms with Gasteiger partial charge in [0.15, 0.2) is 0 Å². The van der Waals surface area contributed by atoms with Crippen LogP contribution in [0.3, 0.4) is 0 Å². The number of nitrogens with zero attached hydrogens (tertiary/aromatic N) is 1. The van der Waals surface area contributed by atoms with E-state index in [4.69, 9.17) is 11.0 Å². The van der Waals surface area contributed by atoms with Crippen LogP contribution < -0.4 is 11.0 Å². The van der Waals surface area contributed by atoms with Crippen molar-refractivity contribution in [3.05, 3.63) is 23.8 Å². The molecule has 0 unspecified atom stereocenters. The van der Waals surface area contributed by atoms with E-state index in [9.17, 15) is 4.57 Å². The van der Waals surface area contributed by atoms with Crippen LogP contribution in [-0.4, -0.2) is 13.3 Å². The van der Waals surface area contributed by atoms with Gasteiger partial charge in [-0.2, -0.15) is 5.26 Å². The molecule has 0 saturated heterocycles. The van der Waals surface area contributed by atoms with Crippen molar-refractivity contribution in [2.45, 2.75) is 0 Å². The maximum Gasteiger partial charge on any atom is 0.111 e. The second-order valence-electron chi connectivity index (χ2n) is 3.24. The predicted molar refractivity (Wildman–Crippen MR) is 54.7 cm³/mol. The van der Waals surface area contributed by atoms with Crippen molar-refractivity contribution in [2.75, 3.05) is 19.1 Å². The summed E-state index contributed by atoms with van der Waals surface area (Å²) in [5, 5.41) is 9.23. The zero-order valence-electron chi connectivity index (χ0n) is 7.61. The molecule has 0 saturated carbocycles. The van der Waals surface area contributed by atoms with E-state index < -0.39 is 7.14 Å². The smallest absolute Gasteiger partial charge is 0.111 e. The van der Waals surface area contributed by atoms with E-state index in [1.807, 2.05) is 6.07 Å². The summed E-state index contributed by atoms with van der Waals surface area (Å²) in [5.74, 6) is 0. The minimum absolute atomic E-state index is 0.493. The second-order valence-corrected chi connectivity index (χ2v) is 6.42. The van der Waals surface area contributed by atoms with E-state index in [0.29, 0.717) is 16.6 Å². The van der Waals surface area contributed by atoms with Crippen molar-refractivity contribution in [3.8, 4) is 6.07 Å². The highest BCUT2D eigenvalue weighted by Crippen LogP contribution is 2.36. The molecule has 0 spiro atoms. The van der Waals surface area contributed by atoms with Crippen LogP contribution in [0.2, 0.25) is 0 Å². The van der Waals surface area contributed by atoms with E-state index in [1.54, 1.807) is 31.5 Å². The quantitative estimate of drug-likeness (QED) is 0.542. The number of nitrogen functional groups attached to an aromatic ring is 1. The van der Waals surface area contributed by atoms with Crippen LogP contribution in [0.1, 0.15) is 5.56 Å². The van der Waals surface area contributed by atoms with Gasteiger partial charge in [-0.3, -0.25) is 0 Å². The molecular weight excluding hydrogens is 183 g/mol. The number of rotatable bonds is 1. The van der Waals surface area contributed by atoms with E-state index in [1.165, 1.54) is 0 Å². The van der Waals surface area contributed by atoms with Gasteiger partial charge in [0.05, 0.1) is 11.6 Å². The predicted octanol–water partition coefficient (Wildman–Crippen LogP) is 1.39. The summed E-state index contributed by atoms with van der Waals surface area (Å²) in [5.41, 5.74) is 6.64. The molecule has 2 N–H and O–H groups in total. The van der Waals surface area contributed by atoms with Gasteiger partial charge >= 0.3 is 0 Å². The molecule has 0 fully saturated rings. The number of nitriles is 1. The summed E-state index contributed by atoms with van der Waals surface area (Å²) in [6, 6.07) is 6.82. The lowest BCUT2D eigenvalue weighted by Gasteiger charge is -2.09. The molecule has 0 aromatic heterocycles. The highest BCUT2D eigenvalue weighted by Gasteiger charge is 2.14. The molecule has 0 aliphatic heterocycles. The molecule has 0 radical (unpaired) electrons. The van der Waals surface area contributed by atoms with Crippen LogP contribution in [0.4, 0.5) is 5.69 Å². The number of anilines is 1. The van der Waals surface area contributed by atoms with Gasteiger partial charge in [0.2, 0.25) is 0 Å². The summed E-state index contributed by atoms with van der Waals surface area (Å²) in [7, 11) is -2.37. The Balaban J connectivity index is 3.38. The molecule has 1 rings (SSSR count). The molecule has 0 heterocycles. The van der Waals surface area contributed by atoms with Gasteiger partial charge in [0.25, 0.3) is 0 Å². The van der Waals surface area contributed by atoms with Gasteiger partial charge in [-0.1, -0.05) is 0 Å². The lowest BCUT2D eigenvalue weighted by Crippen LogP contribution is -2.10. The van der Waals surface area contributed by atoms with Crippen molar-refractivity contribution in [3.63, 3.8) is 0 Å². The first-order valence-corrected chi connectivity index (χ1v) is 6.40. The van der Waals surface area contributed by atoms with E-state index in [0.717, 1.165) is 0 Å². The molecule has 4 heteroatoms. The topological polar surface area (TPSA) is 66.9 Å². The van der Waals surface area contributed by atoms with Crippen LogP contribution in [-0.2, 0) is 4.57 Å². The van der Waals surface area contributed by atoms with Crippen LogP contribution in [0.15, 0.2) is 18.2 Å². The summed E-state index contributed by atoms with van der Waals surface area (Å²) in [6.07, 6.45) is 0. The molecule has 68 valence electrons. The van der Waals surface area contributed by atoms with Gasteiger partial charge in [-0.25, -0.2) is 0 Å². The SMILES string of the molecule is CP(C)(=O)c1cc(C#N)ccc1N. The first-order valence-electron chi connectivity index (χ1n) is 3.80. The Morgan fingerprint density at radius 1 is 1.46 bits per heavy atom. The third kappa shape index (κ3) is 2.11. The number of nitrogens with two attached hydrogens (primary N) is 1. The average molecular weight is 194 g/mol. The fourth-order valence-corrected chi connectivity index (χ4v) is 2.23. The Kier molecular flexibility index (Phi) is 2.45. The van der Waals surface area contributed by atoms with Crippen LogP contribution in [0.5, 0.6) is 0 Å². The monoisotopic (exact) mass is 194 g/mol. The fraction of sp³-hybridized carbons (Fsp3) is 0.222. The third-order valence-electron chi connectivity index (χ3n) is 1.74. The van der Waals surface area contributed by atoms with Crippen molar-refractivity contribution >= 4 is 18.1 Å². The van der Waals surface area contributed by atoms with E-state index >= 15 is 0 Å². The average Bonchev–Trinajstić information content (AvgIpc) is 2.03. The zero-order chi connectivity index (χ0) is 10.1. The molecule has 0 aliphatic carbocycles. The fourth-order valence-electron chi connectivity index (χ4n) is 1.08. The van der Waals surface area contributed by atoms with Crippen LogP contribution in [0, 0.1) is 11.3 Å². The van der Waals surface area contributed by atoms with E-state index in [2.05, 4.69) is 0 Å². The largest absolute Gasteiger partial charge is 0.398 e. The Bertz CT molecular complexity index is 414. The Morgan fingerprint density at radius 2 is 2.08 bits per heavy atom. The molecular formula is C9H11N2OP. The minimum Gasteiger partial charge on any atom is -0.398 e. The maximum absolute atomic E-state index is 11.7. The van der Waals surface area contributed by atoms with Crippen molar-refractivity contribution in [1.29, 1.82) is 5.26 Å². The Labute approximate surface area is 77.5 Å². The molecule has 0 amide bonds. The van der Waals surface area contributed by atoms with Gasteiger partial charge in [0, 0.05) is 11.0 Å². The second kappa shape index (κ2) is 3.24. The first kappa shape index (κ1) is 9.83. The molecule has 0 bridgehead atoms. The molecule has 0 atom stereocenters. The van der Waals surface area contributed by atoms with Gasteiger partial charge < -0.3 is 10.3 Å². The minimum atomic E-state index is -2.37. The highest BCUT2D eigenvalue weighted by molar-refractivity contribution is 7.70. The van der Waals surface area contributed by atoms with Gasteiger partial charge in [-0.15, -0.1) is 0 Å². The molecule has 13 heavy (non-hydrogen) atoms. The summed E-state index contributed by atoms with van der Waals surface area (Å²) in [4.78, 5) is 0. The summed E-state index contributed by atoms with van der Waals surface area (Å²) >= 11 is 0.